The number of piperidine rings is 1. The van der Waals surface area contributed by atoms with Gasteiger partial charge in [0.05, 0.1) is 47.3 Å². The highest BCUT2D eigenvalue weighted by Gasteiger charge is 2.27. The number of aliphatic hydroxyl groups excluding tert-OH is 1. The average molecular weight is 456 g/mol. The summed E-state index contributed by atoms with van der Waals surface area (Å²) in [4.78, 5) is 24.1. The van der Waals surface area contributed by atoms with Crippen molar-refractivity contribution in [3.05, 3.63) is 65.6 Å². The summed E-state index contributed by atoms with van der Waals surface area (Å²) in [7, 11) is 0. The van der Waals surface area contributed by atoms with Gasteiger partial charge in [-0.05, 0) is 55.2 Å². The number of nitrogens with zero attached hydrogens (tertiary/aromatic N) is 5. The molecule has 0 saturated carbocycles. The normalized spacial score (nSPS) is 16.1. The second-order valence-corrected chi connectivity index (χ2v) is 8.89. The highest BCUT2D eigenvalue weighted by atomic mass is 16.3. The van der Waals surface area contributed by atoms with Crippen LogP contribution in [0.5, 0.6) is 0 Å². The molecule has 9 heteroatoms. The highest BCUT2D eigenvalue weighted by Crippen LogP contribution is 2.35. The summed E-state index contributed by atoms with van der Waals surface area (Å²) in [5.41, 5.74) is 6.89. The van der Waals surface area contributed by atoms with Gasteiger partial charge in [0.1, 0.15) is 5.82 Å². The summed E-state index contributed by atoms with van der Waals surface area (Å²) in [6.45, 7) is 4.08. The lowest BCUT2D eigenvalue weighted by atomic mass is 9.99. The molecular weight excluding hydrogens is 430 g/mol. The van der Waals surface area contributed by atoms with Crippen molar-refractivity contribution in [3.8, 4) is 11.3 Å². The Kier molecular flexibility index (Phi) is 4.91. The Morgan fingerprint density at radius 1 is 1.09 bits per heavy atom. The van der Waals surface area contributed by atoms with Gasteiger partial charge < -0.3 is 20.6 Å². The molecular formula is C25H25N7O2. The quantitative estimate of drug-likeness (QED) is 0.434. The molecule has 0 bridgehead atoms. The van der Waals surface area contributed by atoms with Crippen LogP contribution in [-0.4, -0.2) is 49.8 Å². The van der Waals surface area contributed by atoms with E-state index in [0.29, 0.717) is 23.6 Å². The fourth-order valence-corrected chi connectivity index (χ4v) is 4.75. The van der Waals surface area contributed by atoms with Crippen LogP contribution in [0.2, 0.25) is 0 Å². The van der Waals surface area contributed by atoms with Crippen LogP contribution in [0.1, 0.15) is 34.3 Å². The van der Waals surface area contributed by atoms with Crippen molar-refractivity contribution < 1.29 is 9.90 Å². The number of nitrogens with one attached hydrogen (secondary N) is 2. The number of pyridine rings is 1. The van der Waals surface area contributed by atoms with Crippen molar-refractivity contribution >= 4 is 28.7 Å². The van der Waals surface area contributed by atoms with E-state index in [9.17, 15) is 9.90 Å². The maximum absolute atomic E-state index is 12.8. The van der Waals surface area contributed by atoms with Gasteiger partial charge in [0, 0.05) is 25.2 Å². The van der Waals surface area contributed by atoms with E-state index < -0.39 is 0 Å². The summed E-state index contributed by atoms with van der Waals surface area (Å²) in [5, 5.41) is 20.5. The maximum atomic E-state index is 12.8. The lowest BCUT2D eigenvalue weighted by Gasteiger charge is -2.31. The van der Waals surface area contributed by atoms with E-state index in [1.807, 2.05) is 43.5 Å². The number of aliphatic hydroxyl groups is 1. The Morgan fingerprint density at radius 2 is 1.94 bits per heavy atom. The van der Waals surface area contributed by atoms with Crippen molar-refractivity contribution in [3.63, 3.8) is 0 Å². The third kappa shape index (κ3) is 3.54. The highest BCUT2D eigenvalue weighted by molar-refractivity contribution is 6.06. The molecule has 6 rings (SSSR count). The molecule has 1 amide bonds. The van der Waals surface area contributed by atoms with E-state index >= 15 is 0 Å². The molecule has 4 aromatic rings. The first-order valence-corrected chi connectivity index (χ1v) is 11.5. The molecule has 1 saturated heterocycles. The van der Waals surface area contributed by atoms with E-state index in [0.717, 1.165) is 59.7 Å². The summed E-state index contributed by atoms with van der Waals surface area (Å²) in [6.07, 6.45) is 6.78. The number of benzene rings is 1. The minimum absolute atomic E-state index is 0.111. The number of fused-ring (bicyclic) bond motifs is 2. The van der Waals surface area contributed by atoms with E-state index in [1.165, 1.54) is 0 Å². The molecule has 1 aromatic carbocycles. The number of hydrogen-bond donors (Lipinski definition) is 3. The second-order valence-electron chi connectivity index (χ2n) is 8.89. The Balaban J connectivity index is 1.31. The minimum atomic E-state index is -0.207. The van der Waals surface area contributed by atoms with Gasteiger partial charge in [0.15, 0.2) is 5.65 Å². The summed E-state index contributed by atoms with van der Waals surface area (Å²) >= 11 is 0. The molecule has 0 unspecified atom stereocenters. The van der Waals surface area contributed by atoms with Gasteiger partial charge >= 0.3 is 0 Å². The number of carbonyl (C=O) groups excluding carboxylic acids is 1. The number of hydrogen-bond acceptors (Lipinski definition) is 7. The Labute approximate surface area is 196 Å². The zero-order chi connectivity index (χ0) is 23.2. The first-order chi connectivity index (χ1) is 16.6. The lowest BCUT2D eigenvalue weighted by Crippen LogP contribution is -2.35. The predicted molar refractivity (Wildman–Crippen MR) is 129 cm³/mol. The number of aryl methyl sites for hydroxylation is 1. The average Bonchev–Trinajstić information content (AvgIpc) is 3.44. The molecule has 5 heterocycles. The van der Waals surface area contributed by atoms with Crippen LogP contribution >= 0.6 is 0 Å². The number of rotatable bonds is 4. The monoisotopic (exact) mass is 455 g/mol. The van der Waals surface area contributed by atoms with E-state index in [2.05, 4.69) is 30.6 Å². The Bertz CT molecular complexity index is 1390. The van der Waals surface area contributed by atoms with Crippen molar-refractivity contribution in [2.45, 2.75) is 32.4 Å². The molecule has 2 aliphatic heterocycles. The first-order valence-electron chi connectivity index (χ1n) is 11.5. The fraction of sp³-hybridized carbons (Fsp3) is 0.280. The van der Waals surface area contributed by atoms with Crippen molar-refractivity contribution in [2.24, 2.45) is 0 Å². The smallest absolute Gasteiger partial charge is 0.254 e. The van der Waals surface area contributed by atoms with Crippen LogP contribution in [0, 0.1) is 6.92 Å². The van der Waals surface area contributed by atoms with Crippen molar-refractivity contribution in [2.75, 3.05) is 23.3 Å². The van der Waals surface area contributed by atoms with Crippen LogP contribution in [0.3, 0.4) is 0 Å². The Hall–Kier alpha value is -3.98. The number of aromatic nitrogens is 4. The topological polar surface area (TPSA) is 108 Å². The number of amides is 1. The van der Waals surface area contributed by atoms with Crippen LogP contribution in [0.15, 0.2) is 48.9 Å². The molecule has 1 fully saturated rings. The standard InChI is InChI=1S/C25H25N7O2/c1-15-10-23-27-14-21(32(23)29-11-15)18-3-4-20(24-19(18)13-28-25(24)34)30-22-5-2-16(12-26-22)31-8-6-17(33)7-9-31/h2-5,10-12,14,17,33H,6-9,13H2,1H3,(H,26,30)(H,28,34). The van der Waals surface area contributed by atoms with Gasteiger partial charge in [-0.1, -0.05) is 6.07 Å². The molecule has 3 N–H and O–H groups in total. The third-order valence-corrected chi connectivity index (χ3v) is 6.58. The van der Waals surface area contributed by atoms with E-state index in [-0.39, 0.29) is 12.0 Å². The molecule has 0 atom stereocenters. The van der Waals surface area contributed by atoms with E-state index in [4.69, 9.17) is 0 Å². The summed E-state index contributed by atoms with van der Waals surface area (Å²) in [6, 6.07) is 9.84. The van der Waals surface area contributed by atoms with Gasteiger partial charge in [-0.15, -0.1) is 0 Å². The van der Waals surface area contributed by atoms with Gasteiger partial charge in [0.25, 0.3) is 5.91 Å². The molecule has 3 aromatic heterocycles. The largest absolute Gasteiger partial charge is 0.393 e. The zero-order valence-electron chi connectivity index (χ0n) is 18.8. The second kappa shape index (κ2) is 8.11. The van der Waals surface area contributed by atoms with Crippen molar-refractivity contribution in [1.82, 2.24) is 24.9 Å². The van der Waals surface area contributed by atoms with Gasteiger partial charge in [-0.25, -0.2) is 14.5 Å². The molecule has 0 aliphatic carbocycles. The summed E-state index contributed by atoms with van der Waals surface area (Å²) < 4.78 is 1.80. The lowest BCUT2D eigenvalue weighted by molar-refractivity contribution is 0.0966. The van der Waals surface area contributed by atoms with Gasteiger partial charge in [-0.2, -0.15) is 5.10 Å². The SMILES string of the molecule is Cc1cnn2c(-c3ccc(Nc4ccc(N5CCC(O)CC5)cn4)c4c3CNC4=O)cnc2c1. The first kappa shape index (κ1) is 20.6. The molecule has 0 spiro atoms. The molecule has 172 valence electrons. The zero-order valence-corrected chi connectivity index (χ0v) is 18.8. The third-order valence-electron chi connectivity index (χ3n) is 6.58. The van der Waals surface area contributed by atoms with Crippen LogP contribution in [-0.2, 0) is 6.54 Å². The molecule has 34 heavy (non-hydrogen) atoms. The summed E-state index contributed by atoms with van der Waals surface area (Å²) in [5.74, 6) is 0.558. The number of carbonyl (C=O) groups is 1. The van der Waals surface area contributed by atoms with Gasteiger partial charge in [0.2, 0.25) is 0 Å². The van der Waals surface area contributed by atoms with Crippen LogP contribution < -0.4 is 15.5 Å². The molecule has 2 aliphatic rings. The fourth-order valence-electron chi connectivity index (χ4n) is 4.75. The maximum Gasteiger partial charge on any atom is 0.254 e. The van der Waals surface area contributed by atoms with Crippen LogP contribution in [0.4, 0.5) is 17.2 Å². The number of imidazole rings is 1. The molecule has 9 nitrogen and oxygen atoms in total. The van der Waals surface area contributed by atoms with E-state index in [1.54, 1.807) is 16.9 Å². The van der Waals surface area contributed by atoms with Gasteiger partial charge in [-0.3, -0.25) is 4.79 Å². The minimum Gasteiger partial charge on any atom is -0.393 e. The predicted octanol–water partition coefficient (Wildman–Crippen LogP) is 3.05. The Morgan fingerprint density at radius 3 is 2.74 bits per heavy atom. The van der Waals surface area contributed by atoms with Crippen LogP contribution in [0.25, 0.3) is 16.9 Å². The molecule has 0 radical (unpaired) electrons. The van der Waals surface area contributed by atoms with Crippen molar-refractivity contribution in [1.29, 1.82) is 0 Å². The number of anilines is 3.